The van der Waals surface area contributed by atoms with E-state index in [2.05, 4.69) is 4.90 Å². The Bertz CT molecular complexity index is 133. The van der Waals surface area contributed by atoms with E-state index in [0.717, 1.165) is 45.4 Å². The van der Waals surface area contributed by atoms with E-state index >= 15 is 0 Å². The summed E-state index contributed by atoms with van der Waals surface area (Å²) in [5.41, 5.74) is 0. The quantitative estimate of drug-likeness (QED) is 0.680. The lowest BCUT2D eigenvalue weighted by Gasteiger charge is -2.29. The van der Waals surface area contributed by atoms with Gasteiger partial charge in [-0.3, -0.25) is 4.90 Å². The standard InChI is InChI=1S/C11H21NO2/c1(11-2-7-13-8-3-11)4-12-5-9-14-10-6-12/h11H,1-10H2. The van der Waals surface area contributed by atoms with E-state index in [-0.39, 0.29) is 0 Å². The van der Waals surface area contributed by atoms with Gasteiger partial charge >= 0.3 is 0 Å². The molecule has 0 spiro atoms. The van der Waals surface area contributed by atoms with Crippen molar-refractivity contribution in [2.45, 2.75) is 19.3 Å². The number of ether oxygens (including phenoxy) is 2. The molecule has 0 unspecified atom stereocenters. The molecule has 2 saturated heterocycles. The molecule has 2 rings (SSSR count). The first-order chi connectivity index (χ1) is 6.95. The van der Waals surface area contributed by atoms with Gasteiger partial charge in [0.25, 0.3) is 0 Å². The Morgan fingerprint density at radius 3 is 2.29 bits per heavy atom. The molecule has 0 bridgehead atoms. The number of rotatable bonds is 3. The van der Waals surface area contributed by atoms with Crippen molar-refractivity contribution in [1.29, 1.82) is 0 Å². The van der Waals surface area contributed by atoms with E-state index in [1.54, 1.807) is 0 Å². The normalized spacial score (nSPS) is 26.6. The minimum absolute atomic E-state index is 0.909. The smallest absolute Gasteiger partial charge is 0.0594 e. The summed E-state index contributed by atoms with van der Waals surface area (Å²) in [6, 6.07) is 0. The lowest BCUT2D eigenvalue weighted by molar-refractivity contribution is 0.0267. The summed E-state index contributed by atoms with van der Waals surface area (Å²) < 4.78 is 10.7. The van der Waals surface area contributed by atoms with Gasteiger partial charge in [0.2, 0.25) is 0 Å². The van der Waals surface area contributed by atoms with Crippen LogP contribution in [-0.4, -0.2) is 51.0 Å². The van der Waals surface area contributed by atoms with Crippen LogP contribution in [0.4, 0.5) is 0 Å². The second-order valence-electron chi connectivity index (χ2n) is 4.30. The third kappa shape index (κ3) is 3.23. The van der Waals surface area contributed by atoms with Gasteiger partial charge in [0.1, 0.15) is 0 Å². The molecule has 2 aliphatic rings. The Labute approximate surface area is 86.4 Å². The number of morpholine rings is 1. The van der Waals surface area contributed by atoms with Crippen LogP contribution in [-0.2, 0) is 9.47 Å². The maximum absolute atomic E-state index is 5.36. The van der Waals surface area contributed by atoms with Gasteiger partial charge in [-0.05, 0) is 31.7 Å². The van der Waals surface area contributed by atoms with Crippen LogP contribution in [0.1, 0.15) is 19.3 Å². The zero-order chi connectivity index (χ0) is 9.64. The van der Waals surface area contributed by atoms with Gasteiger partial charge in [-0.25, -0.2) is 0 Å². The maximum Gasteiger partial charge on any atom is 0.0594 e. The highest BCUT2D eigenvalue weighted by Gasteiger charge is 2.16. The van der Waals surface area contributed by atoms with E-state index < -0.39 is 0 Å². The average Bonchev–Trinajstić information content (AvgIpc) is 2.29. The molecule has 0 aromatic rings. The molecule has 0 aromatic carbocycles. The molecule has 0 aromatic heterocycles. The Morgan fingerprint density at radius 2 is 1.57 bits per heavy atom. The van der Waals surface area contributed by atoms with Crippen molar-refractivity contribution in [3.8, 4) is 0 Å². The van der Waals surface area contributed by atoms with Crippen molar-refractivity contribution in [2.24, 2.45) is 5.92 Å². The lowest BCUT2D eigenvalue weighted by Crippen LogP contribution is -2.37. The third-order valence-corrected chi connectivity index (χ3v) is 3.30. The van der Waals surface area contributed by atoms with Gasteiger partial charge in [-0.15, -0.1) is 0 Å². The van der Waals surface area contributed by atoms with E-state index in [0.29, 0.717) is 0 Å². The summed E-state index contributed by atoms with van der Waals surface area (Å²) >= 11 is 0. The molecule has 82 valence electrons. The van der Waals surface area contributed by atoms with Gasteiger partial charge in [-0.2, -0.15) is 0 Å². The summed E-state index contributed by atoms with van der Waals surface area (Å²) in [5.74, 6) is 0.909. The predicted octanol–water partition coefficient (Wildman–Crippen LogP) is 1.14. The molecule has 14 heavy (non-hydrogen) atoms. The van der Waals surface area contributed by atoms with Crippen LogP contribution in [0, 0.1) is 5.92 Å². The first kappa shape index (κ1) is 10.4. The number of nitrogens with zero attached hydrogens (tertiary/aromatic N) is 1. The van der Waals surface area contributed by atoms with Crippen molar-refractivity contribution in [3.05, 3.63) is 0 Å². The van der Waals surface area contributed by atoms with E-state index in [4.69, 9.17) is 9.47 Å². The summed E-state index contributed by atoms with van der Waals surface area (Å²) in [7, 11) is 0. The minimum atomic E-state index is 0.909. The number of hydrogen-bond acceptors (Lipinski definition) is 3. The van der Waals surface area contributed by atoms with Gasteiger partial charge in [0, 0.05) is 26.3 Å². The third-order valence-electron chi connectivity index (χ3n) is 3.30. The second-order valence-corrected chi connectivity index (χ2v) is 4.30. The van der Waals surface area contributed by atoms with Crippen LogP contribution in [0.2, 0.25) is 0 Å². The fraction of sp³-hybridized carbons (Fsp3) is 1.00. The molecule has 2 aliphatic heterocycles. The zero-order valence-electron chi connectivity index (χ0n) is 8.91. The molecule has 0 atom stereocenters. The van der Waals surface area contributed by atoms with Crippen molar-refractivity contribution < 1.29 is 9.47 Å². The number of hydrogen-bond donors (Lipinski definition) is 0. The summed E-state index contributed by atoms with van der Waals surface area (Å²) in [6.45, 7) is 7.32. The Kier molecular flexibility index (Phi) is 4.22. The molecule has 0 radical (unpaired) electrons. The second kappa shape index (κ2) is 5.69. The Morgan fingerprint density at radius 1 is 0.929 bits per heavy atom. The van der Waals surface area contributed by atoms with Crippen molar-refractivity contribution >= 4 is 0 Å². The van der Waals surface area contributed by atoms with Crippen molar-refractivity contribution in [3.63, 3.8) is 0 Å². The summed E-state index contributed by atoms with van der Waals surface area (Å²) in [5, 5.41) is 0. The Balaban J connectivity index is 1.60. The fourth-order valence-corrected chi connectivity index (χ4v) is 2.22. The topological polar surface area (TPSA) is 21.7 Å². The fourth-order valence-electron chi connectivity index (χ4n) is 2.22. The van der Waals surface area contributed by atoms with Gasteiger partial charge in [0.05, 0.1) is 13.2 Å². The van der Waals surface area contributed by atoms with E-state index in [9.17, 15) is 0 Å². The van der Waals surface area contributed by atoms with Crippen molar-refractivity contribution in [2.75, 3.05) is 46.1 Å². The highest BCUT2D eigenvalue weighted by atomic mass is 16.5. The first-order valence-corrected chi connectivity index (χ1v) is 5.83. The lowest BCUT2D eigenvalue weighted by atomic mass is 9.96. The predicted molar refractivity (Wildman–Crippen MR) is 55.4 cm³/mol. The molecular weight excluding hydrogens is 178 g/mol. The van der Waals surface area contributed by atoms with Gasteiger partial charge in [0.15, 0.2) is 0 Å². The molecule has 2 fully saturated rings. The van der Waals surface area contributed by atoms with Crippen LogP contribution in [0.3, 0.4) is 0 Å². The molecule has 0 aliphatic carbocycles. The molecular formula is C11H21NO2. The van der Waals surface area contributed by atoms with Crippen LogP contribution in [0.5, 0.6) is 0 Å². The van der Waals surface area contributed by atoms with Crippen LogP contribution in [0.15, 0.2) is 0 Å². The van der Waals surface area contributed by atoms with E-state index in [1.165, 1.54) is 25.8 Å². The van der Waals surface area contributed by atoms with Gasteiger partial charge in [-0.1, -0.05) is 0 Å². The largest absolute Gasteiger partial charge is 0.381 e. The molecule has 0 saturated carbocycles. The molecule has 0 amide bonds. The average molecular weight is 199 g/mol. The highest BCUT2D eigenvalue weighted by Crippen LogP contribution is 2.18. The zero-order valence-corrected chi connectivity index (χ0v) is 8.91. The van der Waals surface area contributed by atoms with Gasteiger partial charge < -0.3 is 9.47 Å². The Hall–Kier alpha value is -0.120. The molecule has 3 heteroatoms. The summed E-state index contributed by atoms with van der Waals surface area (Å²) in [4.78, 5) is 2.53. The SMILES string of the molecule is C1CC(CCN2CCOCC2)CCO1. The molecule has 0 N–H and O–H groups in total. The van der Waals surface area contributed by atoms with Crippen LogP contribution >= 0.6 is 0 Å². The molecule has 2 heterocycles. The van der Waals surface area contributed by atoms with Crippen LogP contribution < -0.4 is 0 Å². The molecule has 3 nitrogen and oxygen atoms in total. The highest BCUT2D eigenvalue weighted by molar-refractivity contribution is 4.68. The first-order valence-electron chi connectivity index (χ1n) is 5.83. The van der Waals surface area contributed by atoms with Crippen molar-refractivity contribution in [1.82, 2.24) is 4.90 Å². The minimum Gasteiger partial charge on any atom is -0.381 e. The summed E-state index contributed by atoms with van der Waals surface area (Å²) in [6.07, 6.45) is 3.89. The van der Waals surface area contributed by atoms with Crippen LogP contribution in [0.25, 0.3) is 0 Å². The monoisotopic (exact) mass is 199 g/mol. The maximum atomic E-state index is 5.36. The van der Waals surface area contributed by atoms with E-state index in [1.807, 2.05) is 0 Å².